The summed E-state index contributed by atoms with van der Waals surface area (Å²) in [5.74, 6) is -0.157. The first kappa shape index (κ1) is 13.6. The summed E-state index contributed by atoms with van der Waals surface area (Å²) in [6, 6.07) is 14.4. The van der Waals surface area contributed by atoms with Gasteiger partial charge in [0, 0.05) is 17.8 Å². The molecule has 0 aliphatic heterocycles. The molecule has 4 nitrogen and oxygen atoms in total. The molecule has 0 bridgehead atoms. The first-order chi connectivity index (χ1) is 9.60. The summed E-state index contributed by atoms with van der Waals surface area (Å²) in [6.07, 6.45) is 0. The van der Waals surface area contributed by atoms with Crippen molar-refractivity contribution in [1.29, 1.82) is 5.26 Å². The summed E-state index contributed by atoms with van der Waals surface area (Å²) < 4.78 is 0. The van der Waals surface area contributed by atoms with Gasteiger partial charge in [0.25, 0.3) is 5.91 Å². The molecular formula is C16H15N3O. The topological polar surface area (TPSA) is 78.9 Å². The maximum absolute atomic E-state index is 12.0. The van der Waals surface area contributed by atoms with Crippen molar-refractivity contribution in [3.05, 3.63) is 64.7 Å². The third-order valence-electron chi connectivity index (χ3n) is 3.04. The summed E-state index contributed by atoms with van der Waals surface area (Å²) in [7, 11) is 0. The lowest BCUT2D eigenvalue weighted by Crippen LogP contribution is -2.22. The number of aryl methyl sites for hydroxylation is 1. The van der Waals surface area contributed by atoms with Crippen LogP contribution in [0.2, 0.25) is 0 Å². The third-order valence-corrected chi connectivity index (χ3v) is 3.04. The lowest BCUT2D eigenvalue weighted by molar-refractivity contribution is 0.0951. The largest absolute Gasteiger partial charge is 0.399 e. The number of nitrogen functional groups attached to an aromatic ring is 1. The molecule has 0 aliphatic rings. The molecule has 2 aromatic carbocycles. The van der Waals surface area contributed by atoms with Gasteiger partial charge in [-0.1, -0.05) is 12.1 Å². The zero-order valence-corrected chi connectivity index (χ0v) is 11.2. The van der Waals surface area contributed by atoms with Crippen molar-refractivity contribution in [2.45, 2.75) is 13.5 Å². The van der Waals surface area contributed by atoms with Crippen molar-refractivity contribution in [1.82, 2.24) is 5.32 Å². The average Bonchev–Trinajstić information content (AvgIpc) is 2.47. The van der Waals surface area contributed by atoms with E-state index in [1.165, 1.54) is 0 Å². The minimum absolute atomic E-state index is 0.157. The molecule has 0 unspecified atom stereocenters. The SMILES string of the molecule is Cc1cc(C(=O)NCc2cccc(C#N)c2)ccc1N. The van der Waals surface area contributed by atoms with E-state index in [-0.39, 0.29) is 5.91 Å². The molecule has 0 aliphatic carbocycles. The molecule has 0 fully saturated rings. The molecule has 0 radical (unpaired) electrons. The van der Waals surface area contributed by atoms with Crippen molar-refractivity contribution in [3.8, 4) is 6.07 Å². The highest BCUT2D eigenvalue weighted by molar-refractivity contribution is 5.94. The molecule has 2 aromatic rings. The molecule has 0 saturated heterocycles. The quantitative estimate of drug-likeness (QED) is 0.836. The van der Waals surface area contributed by atoms with Gasteiger partial charge in [0.2, 0.25) is 0 Å². The maximum Gasteiger partial charge on any atom is 0.251 e. The maximum atomic E-state index is 12.0. The number of nitrogens with two attached hydrogens (primary N) is 1. The van der Waals surface area contributed by atoms with E-state index >= 15 is 0 Å². The Kier molecular flexibility index (Phi) is 4.02. The molecule has 0 heterocycles. The number of nitrogens with one attached hydrogen (secondary N) is 1. The van der Waals surface area contributed by atoms with Gasteiger partial charge >= 0.3 is 0 Å². The first-order valence-electron chi connectivity index (χ1n) is 6.23. The van der Waals surface area contributed by atoms with Crippen LogP contribution in [-0.2, 0) is 6.54 Å². The Hall–Kier alpha value is -2.80. The van der Waals surface area contributed by atoms with Gasteiger partial charge in [0.05, 0.1) is 11.6 Å². The Morgan fingerprint density at radius 1 is 1.30 bits per heavy atom. The molecule has 0 aromatic heterocycles. The van der Waals surface area contributed by atoms with E-state index in [9.17, 15) is 4.79 Å². The summed E-state index contributed by atoms with van der Waals surface area (Å²) in [6.45, 7) is 2.25. The molecule has 2 rings (SSSR count). The molecule has 20 heavy (non-hydrogen) atoms. The number of hydrogen-bond donors (Lipinski definition) is 2. The van der Waals surface area contributed by atoms with Gasteiger partial charge in [-0.3, -0.25) is 4.79 Å². The Balaban J connectivity index is 2.05. The predicted molar refractivity (Wildman–Crippen MR) is 77.9 cm³/mol. The van der Waals surface area contributed by atoms with Crippen LogP contribution < -0.4 is 11.1 Å². The van der Waals surface area contributed by atoms with Gasteiger partial charge in [-0.25, -0.2) is 0 Å². The van der Waals surface area contributed by atoms with Crippen LogP contribution in [0.4, 0.5) is 5.69 Å². The highest BCUT2D eigenvalue weighted by Crippen LogP contribution is 2.12. The van der Waals surface area contributed by atoms with Gasteiger partial charge in [0.15, 0.2) is 0 Å². The fourth-order valence-electron chi connectivity index (χ4n) is 1.85. The van der Waals surface area contributed by atoms with E-state index in [4.69, 9.17) is 11.0 Å². The predicted octanol–water partition coefficient (Wildman–Crippen LogP) is 2.38. The minimum Gasteiger partial charge on any atom is -0.399 e. The van der Waals surface area contributed by atoms with Crippen LogP contribution in [0.15, 0.2) is 42.5 Å². The number of anilines is 1. The lowest BCUT2D eigenvalue weighted by atomic mass is 10.1. The monoisotopic (exact) mass is 265 g/mol. The Morgan fingerprint density at radius 2 is 2.10 bits per heavy atom. The Morgan fingerprint density at radius 3 is 2.80 bits per heavy atom. The van der Waals surface area contributed by atoms with E-state index in [0.717, 1.165) is 11.1 Å². The van der Waals surface area contributed by atoms with Crippen LogP contribution in [0.5, 0.6) is 0 Å². The summed E-state index contributed by atoms with van der Waals surface area (Å²) in [5.41, 5.74) is 9.33. The average molecular weight is 265 g/mol. The second-order valence-electron chi connectivity index (χ2n) is 4.57. The molecule has 3 N–H and O–H groups in total. The summed E-state index contributed by atoms with van der Waals surface area (Å²) in [5, 5.41) is 11.6. The second kappa shape index (κ2) is 5.89. The fourth-order valence-corrected chi connectivity index (χ4v) is 1.85. The Labute approximate surface area is 117 Å². The smallest absolute Gasteiger partial charge is 0.251 e. The minimum atomic E-state index is -0.157. The van der Waals surface area contributed by atoms with Gasteiger partial charge in [-0.15, -0.1) is 0 Å². The van der Waals surface area contributed by atoms with E-state index in [1.807, 2.05) is 13.0 Å². The standard InChI is InChI=1S/C16H15N3O/c1-11-7-14(5-6-15(11)18)16(20)19-10-13-4-2-3-12(8-13)9-17/h2-8H,10,18H2,1H3,(H,19,20). The molecule has 1 amide bonds. The number of benzene rings is 2. The van der Waals surface area contributed by atoms with Crippen LogP contribution in [0.3, 0.4) is 0 Å². The third kappa shape index (κ3) is 3.15. The second-order valence-corrected chi connectivity index (χ2v) is 4.57. The molecule has 4 heteroatoms. The normalized spacial score (nSPS) is 9.80. The van der Waals surface area contributed by atoms with Crippen molar-refractivity contribution in [2.24, 2.45) is 0 Å². The highest BCUT2D eigenvalue weighted by Gasteiger charge is 2.06. The molecule has 0 atom stereocenters. The number of rotatable bonds is 3. The molecule has 0 spiro atoms. The van der Waals surface area contributed by atoms with E-state index in [0.29, 0.717) is 23.4 Å². The van der Waals surface area contributed by atoms with E-state index in [1.54, 1.807) is 36.4 Å². The number of amides is 1. The van der Waals surface area contributed by atoms with Gasteiger partial charge in [0.1, 0.15) is 0 Å². The molecule has 0 saturated carbocycles. The van der Waals surface area contributed by atoms with Gasteiger partial charge in [-0.05, 0) is 48.4 Å². The van der Waals surface area contributed by atoms with E-state index < -0.39 is 0 Å². The number of carbonyl (C=O) groups excluding carboxylic acids is 1. The zero-order valence-electron chi connectivity index (χ0n) is 11.2. The highest BCUT2D eigenvalue weighted by atomic mass is 16.1. The fraction of sp³-hybridized carbons (Fsp3) is 0.125. The number of hydrogen-bond acceptors (Lipinski definition) is 3. The van der Waals surface area contributed by atoms with Crippen LogP contribution >= 0.6 is 0 Å². The van der Waals surface area contributed by atoms with Crippen molar-refractivity contribution in [2.75, 3.05) is 5.73 Å². The lowest BCUT2D eigenvalue weighted by Gasteiger charge is -2.07. The van der Waals surface area contributed by atoms with Crippen LogP contribution in [0.25, 0.3) is 0 Å². The summed E-state index contributed by atoms with van der Waals surface area (Å²) in [4.78, 5) is 12.0. The number of nitrogens with zero attached hydrogens (tertiary/aromatic N) is 1. The van der Waals surface area contributed by atoms with Crippen molar-refractivity contribution in [3.63, 3.8) is 0 Å². The van der Waals surface area contributed by atoms with Crippen LogP contribution in [0, 0.1) is 18.3 Å². The van der Waals surface area contributed by atoms with Crippen LogP contribution in [-0.4, -0.2) is 5.91 Å². The first-order valence-corrected chi connectivity index (χ1v) is 6.23. The van der Waals surface area contributed by atoms with Crippen molar-refractivity contribution >= 4 is 11.6 Å². The van der Waals surface area contributed by atoms with Gasteiger partial charge in [-0.2, -0.15) is 5.26 Å². The zero-order chi connectivity index (χ0) is 14.5. The number of carbonyl (C=O) groups is 1. The molecular weight excluding hydrogens is 250 g/mol. The Bertz CT molecular complexity index is 686. The van der Waals surface area contributed by atoms with Gasteiger partial charge < -0.3 is 11.1 Å². The summed E-state index contributed by atoms with van der Waals surface area (Å²) >= 11 is 0. The van der Waals surface area contributed by atoms with Crippen molar-refractivity contribution < 1.29 is 4.79 Å². The number of nitriles is 1. The molecule has 100 valence electrons. The van der Waals surface area contributed by atoms with Crippen LogP contribution in [0.1, 0.15) is 27.0 Å². The van der Waals surface area contributed by atoms with E-state index in [2.05, 4.69) is 11.4 Å².